The Morgan fingerprint density at radius 3 is 2.32 bits per heavy atom. The van der Waals surface area contributed by atoms with Crippen LogP contribution in [0.25, 0.3) is 0 Å². The fraction of sp³-hybridized carbons (Fsp3) is 0.208. The molecule has 10 heteroatoms. The van der Waals surface area contributed by atoms with Crippen LogP contribution in [0, 0.1) is 0 Å². The molecule has 174 valence electrons. The van der Waals surface area contributed by atoms with Crippen molar-refractivity contribution in [2.75, 3.05) is 19.8 Å². The molecule has 0 aliphatic carbocycles. The van der Waals surface area contributed by atoms with Crippen molar-refractivity contribution >= 4 is 29.8 Å². The molecule has 4 rings (SSSR count). The lowest BCUT2D eigenvalue weighted by molar-refractivity contribution is -0.138. The number of nitrogens with one attached hydrogen (secondary N) is 2. The van der Waals surface area contributed by atoms with Crippen LogP contribution in [-0.2, 0) is 20.8 Å². The van der Waals surface area contributed by atoms with Crippen molar-refractivity contribution in [2.24, 2.45) is 0 Å². The van der Waals surface area contributed by atoms with Gasteiger partial charge in [0.15, 0.2) is 0 Å². The number of rotatable bonds is 7. The van der Waals surface area contributed by atoms with Crippen LogP contribution in [0.15, 0.2) is 59.8 Å². The van der Waals surface area contributed by atoms with E-state index in [4.69, 9.17) is 9.47 Å². The summed E-state index contributed by atoms with van der Waals surface area (Å²) in [6.45, 7) is 1.41. The number of amides is 4. The summed E-state index contributed by atoms with van der Waals surface area (Å²) in [6.07, 6.45) is 0. The maximum atomic E-state index is 12.6. The van der Waals surface area contributed by atoms with Gasteiger partial charge in [-0.25, -0.2) is 14.4 Å². The molecule has 0 unspecified atom stereocenters. The molecule has 10 nitrogen and oxygen atoms in total. The summed E-state index contributed by atoms with van der Waals surface area (Å²) in [4.78, 5) is 62.7. The molecular formula is C24H21N3O7. The number of ether oxygens (including phenoxy) is 2. The Kier molecular flexibility index (Phi) is 6.39. The molecule has 0 saturated carbocycles. The Hall–Kier alpha value is -4.47. The van der Waals surface area contributed by atoms with Crippen LogP contribution in [0.5, 0.6) is 0 Å². The van der Waals surface area contributed by atoms with E-state index in [2.05, 4.69) is 10.6 Å². The van der Waals surface area contributed by atoms with E-state index >= 15 is 0 Å². The Morgan fingerprint density at radius 2 is 1.65 bits per heavy atom. The number of esters is 2. The summed E-state index contributed by atoms with van der Waals surface area (Å²) in [5.41, 5.74) is 1.74. The topological polar surface area (TPSA) is 131 Å². The van der Waals surface area contributed by atoms with Crippen molar-refractivity contribution in [1.82, 2.24) is 15.5 Å². The van der Waals surface area contributed by atoms with Gasteiger partial charge in [0.05, 0.1) is 47.7 Å². The predicted molar refractivity (Wildman–Crippen MR) is 118 cm³/mol. The van der Waals surface area contributed by atoms with Gasteiger partial charge >= 0.3 is 18.0 Å². The minimum atomic E-state index is -0.701. The summed E-state index contributed by atoms with van der Waals surface area (Å²) in [5.74, 6) is -2.11. The first-order valence-corrected chi connectivity index (χ1v) is 10.5. The van der Waals surface area contributed by atoms with Gasteiger partial charge in [0, 0.05) is 0 Å². The zero-order chi connectivity index (χ0) is 24.2. The third kappa shape index (κ3) is 4.51. The Labute approximate surface area is 194 Å². The van der Waals surface area contributed by atoms with Crippen LogP contribution in [-0.4, -0.2) is 54.4 Å². The number of fused-ring (bicyclic) bond motifs is 1. The minimum absolute atomic E-state index is 0.00659. The maximum absolute atomic E-state index is 12.6. The quantitative estimate of drug-likeness (QED) is 0.473. The highest BCUT2D eigenvalue weighted by Crippen LogP contribution is 2.24. The van der Waals surface area contributed by atoms with Crippen LogP contribution >= 0.6 is 0 Å². The van der Waals surface area contributed by atoms with E-state index in [9.17, 15) is 24.0 Å². The molecule has 2 heterocycles. The molecule has 0 spiro atoms. The number of carbonyl (C=O) groups is 5. The van der Waals surface area contributed by atoms with E-state index in [1.165, 1.54) is 12.1 Å². The number of urea groups is 1. The molecule has 0 fully saturated rings. The van der Waals surface area contributed by atoms with Crippen LogP contribution in [0.4, 0.5) is 4.79 Å². The molecule has 0 bridgehead atoms. The average molecular weight is 463 g/mol. The third-order valence-electron chi connectivity index (χ3n) is 5.31. The SMILES string of the molecule is CCOC(=O)C1=C(COC(=O)c2cccc(CN3C(=O)c4ccccc4C3=O)c2)NC(=O)NC1. The fourth-order valence-electron chi connectivity index (χ4n) is 3.65. The molecule has 4 amide bonds. The lowest BCUT2D eigenvalue weighted by atomic mass is 10.1. The summed E-state index contributed by atoms with van der Waals surface area (Å²) >= 11 is 0. The molecule has 2 aromatic rings. The van der Waals surface area contributed by atoms with Crippen LogP contribution in [0.1, 0.15) is 43.6 Å². The van der Waals surface area contributed by atoms with Crippen molar-refractivity contribution in [2.45, 2.75) is 13.5 Å². The second-order valence-corrected chi connectivity index (χ2v) is 7.50. The molecule has 2 aliphatic rings. The summed E-state index contributed by atoms with van der Waals surface area (Å²) in [5, 5.41) is 4.93. The van der Waals surface area contributed by atoms with Crippen LogP contribution in [0.2, 0.25) is 0 Å². The zero-order valence-corrected chi connectivity index (χ0v) is 18.3. The lowest BCUT2D eigenvalue weighted by Gasteiger charge is -2.21. The molecule has 0 atom stereocenters. The molecular weight excluding hydrogens is 442 g/mol. The van der Waals surface area contributed by atoms with Gasteiger partial charge in [-0.05, 0) is 36.8 Å². The first kappa shape index (κ1) is 22.7. The third-order valence-corrected chi connectivity index (χ3v) is 5.31. The van der Waals surface area contributed by atoms with Crippen molar-refractivity contribution in [3.8, 4) is 0 Å². The standard InChI is InChI=1S/C24H21N3O7/c1-2-33-23(31)18-11-25-24(32)26-19(18)13-34-22(30)15-7-5-6-14(10-15)12-27-20(28)16-8-3-4-9-17(16)21(27)29/h3-10H,2,11-13H2,1H3,(H2,25,26,32). The van der Waals surface area contributed by atoms with Gasteiger partial charge in [0.2, 0.25) is 0 Å². The summed E-state index contributed by atoms with van der Waals surface area (Å²) in [6, 6.07) is 12.4. The predicted octanol–water partition coefficient (Wildman–Crippen LogP) is 1.77. The van der Waals surface area contributed by atoms with Gasteiger partial charge in [0.25, 0.3) is 11.8 Å². The van der Waals surface area contributed by atoms with Gasteiger partial charge in [-0.15, -0.1) is 0 Å². The van der Waals surface area contributed by atoms with Gasteiger partial charge in [-0.1, -0.05) is 24.3 Å². The van der Waals surface area contributed by atoms with E-state index in [1.54, 1.807) is 43.3 Å². The first-order chi connectivity index (χ1) is 16.4. The Balaban J connectivity index is 1.45. The Bertz CT molecular complexity index is 1200. The Morgan fingerprint density at radius 1 is 0.941 bits per heavy atom. The number of hydrogen-bond acceptors (Lipinski definition) is 7. The molecule has 2 N–H and O–H groups in total. The highest BCUT2D eigenvalue weighted by atomic mass is 16.5. The van der Waals surface area contributed by atoms with Gasteiger partial charge in [-0.3, -0.25) is 14.5 Å². The fourth-order valence-corrected chi connectivity index (χ4v) is 3.65. The number of imide groups is 1. The molecule has 0 radical (unpaired) electrons. The second kappa shape index (κ2) is 9.57. The molecule has 2 aromatic carbocycles. The minimum Gasteiger partial charge on any atom is -0.463 e. The number of nitrogens with zero attached hydrogens (tertiary/aromatic N) is 1. The van der Waals surface area contributed by atoms with E-state index < -0.39 is 29.8 Å². The van der Waals surface area contributed by atoms with Gasteiger partial charge in [0.1, 0.15) is 6.61 Å². The largest absolute Gasteiger partial charge is 0.463 e. The second-order valence-electron chi connectivity index (χ2n) is 7.50. The monoisotopic (exact) mass is 463 g/mol. The van der Waals surface area contributed by atoms with Crippen LogP contribution < -0.4 is 10.6 Å². The van der Waals surface area contributed by atoms with Crippen molar-refractivity contribution in [3.63, 3.8) is 0 Å². The number of carbonyl (C=O) groups excluding carboxylic acids is 5. The van der Waals surface area contributed by atoms with E-state index in [0.29, 0.717) is 16.7 Å². The van der Waals surface area contributed by atoms with Crippen molar-refractivity contribution in [3.05, 3.63) is 82.1 Å². The van der Waals surface area contributed by atoms with E-state index in [0.717, 1.165) is 4.90 Å². The number of hydrogen-bond donors (Lipinski definition) is 2. The molecule has 34 heavy (non-hydrogen) atoms. The summed E-state index contributed by atoms with van der Waals surface area (Å²) in [7, 11) is 0. The lowest BCUT2D eigenvalue weighted by Crippen LogP contribution is -2.45. The molecule has 0 aromatic heterocycles. The van der Waals surface area contributed by atoms with Gasteiger partial charge < -0.3 is 20.1 Å². The van der Waals surface area contributed by atoms with E-state index in [1.807, 2.05) is 0 Å². The normalized spacial score (nSPS) is 15.0. The van der Waals surface area contributed by atoms with Crippen LogP contribution in [0.3, 0.4) is 0 Å². The maximum Gasteiger partial charge on any atom is 0.338 e. The smallest absolute Gasteiger partial charge is 0.338 e. The highest BCUT2D eigenvalue weighted by Gasteiger charge is 2.35. The molecule has 2 aliphatic heterocycles. The van der Waals surface area contributed by atoms with Crippen molar-refractivity contribution in [1.29, 1.82) is 0 Å². The van der Waals surface area contributed by atoms with E-state index in [-0.39, 0.29) is 43.1 Å². The highest BCUT2D eigenvalue weighted by molar-refractivity contribution is 6.21. The zero-order valence-electron chi connectivity index (χ0n) is 18.3. The van der Waals surface area contributed by atoms with Crippen molar-refractivity contribution < 1.29 is 33.4 Å². The number of benzene rings is 2. The molecule has 0 saturated heterocycles. The average Bonchev–Trinajstić information content (AvgIpc) is 3.08. The summed E-state index contributed by atoms with van der Waals surface area (Å²) < 4.78 is 10.3. The van der Waals surface area contributed by atoms with Gasteiger partial charge in [-0.2, -0.15) is 0 Å². The first-order valence-electron chi connectivity index (χ1n) is 10.5.